The van der Waals surface area contributed by atoms with Crippen LogP contribution >= 0.6 is 11.3 Å². The highest BCUT2D eigenvalue weighted by molar-refractivity contribution is 7.11. The topological polar surface area (TPSA) is 49.4 Å². The van der Waals surface area contributed by atoms with Gasteiger partial charge in [0.15, 0.2) is 0 Å². The number of anilines is 1. The van der Waals surface area contributed by atoms with Crippen LogP contribution in [0.3, 0.4) is 0 Å². The lowest BCUT2D eigenvalue weighted by Crippen LogP contribution is -2.34. The highest BCUT2D eigenvalue weighted by Gasteiger charge is 2.39. The summed E-state index contributed by atoms with van der Waals surface area (Å²) in [5, 5.41) is 5.07. The van der Waals surface area contributed by atoms with Gasteiger partial charge in [-0.15, -0.1) is 11.3 Å². The summed E-state index contributed by atoms with van der Waals surface area (Å²) in [5.41, 5.74) is 2.68. The van der Waals surface area contributed by atoms with Crippen LogP contribution in [0.2, 0.25) is 0 Å². The molecule has 0 bridgehead atoms. The summed E-state index contributed by atoms with van der Waals surface area (Å²) in [6, 6.07) is 23.1. The Morgan fingerprint density at radius 3 is 2.19 bits per heavy atom. The molecule has 1 aliphatic heterocycles. The molecule has 4 rings (SSSR count). The molecule has 0 saturated carbocycles. The van der Waals surface area contributed by atoms with E-state index in [0.29, 0.717) is 24.2 Å². The number of benzene rings is 2. The van der Waals surface area contributed by atoms with Crippen LogP contribution in [-0.4, -0.2) is 23.3 Å². The second kappa shape index (κ2) is 7.60. The molecule has 2 amide bonds. The predicted octanol–water partition coefficient (Wildman–Crippen LogP) is 4.18. The number of para-hydroxylation sites is 1. The van der Waals surface area contributed by atoms with Crippen molar-refractivity contribution in [3.63, 3.8) is 0 Å². The first-order valence-electron chi connectivity index (χ1n) is 8.74. The first-order chi connectivity index (χ1) is 13.2. The molecule has 3 aromatic rings. The van der Waals surface area contributed by atoms with Crippen molar-refractivity contribution in [2.75, 3.05) is 11.9 Å². The van der Waals surface area contributed by atoms with E-state index < -0.39 is 0 Å². The Hall–Kier alpha value is -3.18. The van der Waals surface area contributed by atoms with E-state index in [4.69, 9.17) is 0 Å². The fourth-order valence-electron chi connectivity index (χ4n) is 3.10. The minimum absolute atomic E-state index is 0.239. The maximum absolute atomic E-state index is 13.1. The van der Waals surface area contributed by atoms with Crippen molar-refractivity contribution in [2.24, 2.45) is 0 Å². The van der Waals surface area contributed by atoms with E-state index >= 15 is 0 Å². The molecule has 0 atom stereocenters. The highest BCUT2D eigenvalue weighted by Crippen LogP contribution is 2.32. The molecule has 0 fully saturated rings. The number of carbonyl (C=O) groups is 2. The summed E-state index contributed by atoms with van der Waals surface area (Å²) in [7, 11) is 0. The maximum atomic E-state index is 13.1. The zero-order valence-electron chi connectivity index (χ0n) is 14.6. The standard InChI is InChI=1S/C22H18N2O2S/c25-21-19(18-12-7-15-27-18)20(23-17-10-5-2-6-11-17)22(26)24(21)14-13-16-8-3-1-4-9-16/h1-12,15,23H,13-14H2. The van der Waals surface area contributed by atoms with Gasteiger partial charge in [-0.2, -0.15) is 0 Å². The first kappa shape index (κ1) is 17.2. The van der Waals surface area contributed by atoms with Crippen LogP contribution in [0.1, 0.15) is 10.4 Å². The van der Waals surface area contributed by atoms with Crippen LogP contribution in [0.5, 0.6) is 0 Å². The van der Waals surface area contributed by atoms with Crippen LogP contribution in [0.4, 0.5) is 5.69 Å². The third-order valence-corrected chi connectivity index (χ3v) is 5.33. The molecule has 0 radical (unpaired) electrons. The van der Waals surface area contributed by atoms with Crippen LogP contribution in [0.25, 0.3) is 5.57 Å². The third kappa shape index (κ3) is 3.55. The molecule has 0 aliphatic carbocycles. The summed E-state index contributed by atoms with van der Waals surface area (Å²) in [6.07, 6.45) is 0.634. The van der Waals surface area contributed by atoms with Crippen molar-refractivity contribution >= 4 is 34.4 Å². The largest absolute Gasteiger partial charge is 0.350 e. The second-order valence-corrected chi connectivity index (χ2v) is 7.16. The van der Waals surface area contributed by atoms with Gasteiger partial charge in [0, 0.05) is 17.1 Å². The predicted molar refractivity (Wildman–Crippen MR) is 108 cm³/mol. The Bertz CT molecular complexity index is 980. The Morgan fingerprint density at radius 2 is 1.52 bits per heavy atom. The first-order valence-corrected chi connectivity index (χ1v) is 9.62. The minimum atomic E-state index is -0.275. The molecular weight excluding hydrogens is 356 g/mol. The molecule has 4 nitrogen and oxygen atoms in total. The van der Waals surface area contributed by atoms with Crippen LogP contribution < -0.4 is 5.32 Å². The SMILES string of the molecule is O=C1C(Nc2ccccc2)=C(c2cccs2)C(=O)N1CCc1ccccc1. The lowest BCUT2D eigenvalue weighted by atomic mass is 10.1. The lowest BCUT2D eigenvalue weighted by molar-refractivity contribution is -0.136. The summed E-state index contributed by atoms with van der Waals surface area (Å²) in [6.45, 7) is 0.358. The normalized spacial score (nSPS) is 14.1. The van der Waals surface area contributed by atoms with Gasteiger partial charge in [0.2, 0.25) is 0 Å². The van der Waals surface area contributed by atoms with E-state index in [0.717, 1.165) is 16.1 Å². The van der Waals surface area contributed by atoms with E-state index in [1.165, 1.54) is 16.2 Å². The second-order valence-electron chi connectivity index (χ2n) is 6.22. The van der Waals surface area contributed by atoms with Crippen molar-refractivity contribution in [2.45, 2.75) is 6.42 Å². The quantitative estimate of drug-likeness (QED) is 0.659. The van der Waals surface area contributed by atoms with E-state index in [1.807, 2.05) is 78.2 Å². The average molecular weight is 374 g/mol. The van der Waals surface area contributed by atoms with Gasteiger partial charge < -0.3 is 5.32 Å². The molecule has 27 heavy (non-hydrogen) atoms. The maximum Gasteiger partial charge on any atom is 0.278 e. The van der Waals surface area contributed by atoms with Gasteiger partial charge in [-0.1, -0.05) is 54.6 Å². The Morgan fingerprint density at radius 1 is 0.815 bits per heavy atom. The van der Waals surface area contributed by atoms with Gasteiger partial charge in [-0.25, -0.2) is 0 Å². The summed E-state index contributed by atoms with van der Waals surface area (Å²) < 4.78 is 0. The number of nitrogens with one attached hydrogen (secondary N) is 1. The van der Waals surface area contributed by atoms with Crippen LogP contribution in [-0.2, 0) is 16.0 Å². The molecule has 0 spiro atoms. The lowest BCUT2D eigenvalue weighted by Gasteiger charge is -2.15. The number of amides is 2. The number of hydrogen-bond acceptors (Lipinski definition) is 4. The van der Waals surface area contributed by atoms with Crippen molar-refractivity contribution in [1.82, 2.24) is 4.90 Å². The molecule has 1 N–H and O–H groups in total. The molecule has 0 unspecified atom stereocenters. The Balaban J connectivity index is 1.63. The Kier molecular flexibility index (Phi) is 4.85. The van der Waals surface area contributed by atoms with Crippen molar-refractivity contribution in [3.05, 3.63) is 94.3 Å². The smallest absolute Gasteiger partial charge is 0.278 e. The molecule has 0 saturated heterocycles. The monoisotopic (exact) mass is 374 g/mol. The van der Waals surface area contributed by atoms with E-state index in [2.05, 4.69) is 5.32 Å². The van der Waals surface area contributed by atoms with Gasteiger partial charge in [0.1, 0.15) is 5.70 Å². The zero-order valence-corrected chi connectivity index (χ0v) is 15.4. The highest BCUT2D eigenvalue weighted by atomic mass is 32.1. The fourth-order valence-corrected chi connectivity index (χ4v) is 3.86. The van der Waals surface area contributed by atoms with Crippen molar-refractivity contribution in [1.29, 1.82) is 0 Å². The number of rotatable bonds is 6. The fraction of sp³-hybridized carbons (Fsp3) is 0.0909. The molecule has 2 aromatic carbocycles. The van der Waals surface area contributed by atoms with Gasteiger partial charge in [0.05, 0.1) is 5.57 Å². The summed E-state index contributed by atoms with van der Waals surface area (Å²) in [4.78, 5) is 28.2. The van der Waals surface area contributed by atoms with Crippen molar-refractivity contribution in [3.8, 4) is 0 Å². The average Bonchev–Trinajstić information content (AvgIpc) is 3.30. The van der Waals surface area contributed by atoms with Crippen LogP contribution in [0, 0.1) is 0 Å². The molecule has 1 aromatic heterocycles. The van der Waals surface area contributed by atoms with Crippen LogP contribution in [0.15, 0.2) is 83.9 Å². The Labute approximate surface area is 161 Å². The van der Waals surface area contributed by atoms with Gasteiger partial charge >= 0.3 is 0 Å². The van der Waals surface area contributed by atoms with Gasteiger partial charge in [-0.3, -0.25) is 14.5 Å². The summed E-state index contributed by atoms with van der Waals surface area (Å²) >= 11 is 1.46. The van der Waals surface area contributed by atoms with Gasteiger partial charge in [0.25, 0.3) is 11.8 Å². The van der Waals surface area contributed by atoms with Gasteiger partial charge in [-0.05, 0) is 35.6 Å². The summed E-state index contributed by atoms with van der Waals surface area (Å²) in [5.74, 6) is -0.514. The third-order valence-electron chi connectivity index (χ3n) is 4.45. The molecule has 5 heteroatoms. The van der Waals surface area contributed by atoms with E-state index in [1.54, 1.807) is 0 Å². The molecule has 2 heterocycles. The molecule has 134 valence electrons. The number of hydrogen-bond donors (Lipinski definition) is 1. The number of imide groups is 1. The minimum Gasteiger partial charge on any atom is -0.350 e. The zero-order chi connectivity index (χ0) is 18.6. The van der Waals surface area contributed by atoms with Crippen molar-refractivity contribution < 1.29 is 9.59 Å². The van der Waals surface area contributed by atoms with E-state index in [-0.39, 0.29) is 11.8 Å². The molecular formula is C22H18N2O2S. The molecule has 1 aliphatic rings. The number of thiophene rings is 1. The number of carbonyl (C=O) groups excluding carboxylic acids is 2. The van der Waals surface area contributed by atoms with E-state index in [9.17, 15) is 9.59 Å². The number of nitrogens with zero attached hydrogens (tertiary/aromatic N) is 1.